The molecule has 9 heteroatoms. The standard InChI is InChI=1S/C18H25N5O4/c1-21(2)16-19-14-12(15(25)20-16)4-6-18(14)5-3-7-23(11-18)13(24)10-22-8-9-27-17(22)26/h3-11H2,1-2H3,(H,19,20,25). The number of hydrogen-bond acceptors (Lipinski definition) is 6. The van der Waals surface area contributed by atoms with E-state index in [1.165, 1.54) is 4.90 Å². The van der Waals surface area contributed by atoms with Crippen LogP contribution in [0.15, 0.2) is 4.79 Å². The van der Waals surface area contributed by atoms with Crippen LogP contribution < -0.4 is 10.5 Å². The van der Waals surface area contributed by atoms with Crippen molar-refractivity contribution in [2.75, 3.05) is 51.8 Å². The minimum Gasteiger partial charge on any atom is -0.448 e. The fraction of sp³-hybridized carbons (Fsp3) is 0.667. The second-order valence-electron chi connectivity index (χ2n) is 7.85. The Balaban J connectivity index is 1.58. The van der Waals surface area contributed by atoms with E-state index in [1.54, 1.807) is 4.90 Å². The van der Waals surface area contributed by atoms with Gasteiger partial charge in [0, 0.05) is 38.2 Å². The van der Waals surface area contributed by atoms with Gasteiger partial charge in [-0.25, -0.2) is 9.78 Å². The third-order valence-corrected chi connectivity index (χ3v) is 5.88. The summed E-state index contributed by atoms with van der Waals surface area (Å²) in [6.45, 7) is 2.06. The van der Waals surface area contributed by atoms with Crippen molar-refractivity contribution in [1.29, 1.82) is 0 Å². The Morgan fingerprint density at radius 3 is 2.81 bits per heavy atom. The van der Waals surface area contributed by atoms with Gasteiger partial charge in [-0.05, 0) is 25.7 Å². The van der Waals surface area contributed by atoms with E-state index < -0.39 is 6.09 Å². The van der Waals surface area contributed by atoms with Gasteiger partial charge >= 0.3 is 6.09 Å². The number of nitrogens with zero attached hydrogens (tertiary/aromatic N) is 4. The number of aromatic amines is 1. The molecule has 1 aromatic rings. The molecule has 27 heavy (non-hydrogen) atoms. The predicted molar refractivity (Wildman–Crippen MR) is 97.9 cm³/mol. The van der Waals surface area contributed by atoms with Crippen molar-refractivity contribution in [3.63, 3.8) is 0 Å². The second-order valence-corrected chi connectivity index (χ2v) is 7.85. The van der Waals surface area contributed by atoms with Gasteiger partial charge in [-0.3, -0.25) is 19.5 Å². The molecule has 0 aromatic carbocycles. The number of cyclic esters (lactones) is 1. The lowest BCUT2D eigenvalue weighted by Crippen LogP contribution is -2.51. The first-order valence-corrected chi connectivity index (χ1v) is 9.40. The first-order chi connectivity index (χ1) is 12.9. The van der Waals surface area contributed by atoms with Gasteiger partial charge in [0.2, 0.25) is 11.9 Å². The maximum Gasteiger partial charge on any atom is 0.410 e. The fourth-order valence-corrected chi connectivity index (χ4v) is 4.43. The number of piperidine rings is 1. The number of ether oxygens (including phenoxy) is 1. The van der Waals surface area contributed by atoms with Crippen LogP contribution in [0.3, 0.4) is 0 Å². The average Bonchev–Trinajstić information content (AvgIpc) is 3.20. The molecule has 3 aliphatic rings. The van der Waals surface area contributed by atoms with E-state index in [2.05, 4.69) is 4.98 Å². The van der Waals surface area contributed by atoms with E-state index in [0.29, 0.717) is 38.6 Å². The Hall–Kier alpha value is -2.58. The molecule has 146 valence electrons. The Bertz CT molecular complexity index is 836. The summed E-state index contributed by atoms with van der Waals surface area (Å²) in [7, 11) is 3.69. The van der Waals surface area contributed by atoms with E-state index in [1.807, 2.05) is 19.0 Å². The number of amides is 2. The van der Waals surface area contributed by atoms with Gasteiger partial charge in [-0.1, -0.05) is 0 Å². The molecular formula is C18H25N5O4. The van der Waals surface area contributed by atoms with Crippen molar-refractivity contribution in [3.8, 4) is 0 Å². The molecule has 4 rings (SSSR count). The number of aromatic nitrogens is 2. The van der Waals surface area contributed by atoms with E-state index in [4.69, 9.17) is 9.72 Å². The summed E-state index contributed by atoms with van der Waals surface area (Å²) < 4.78 is 4.91. The van der Waals surface area contributed by atoms with Crippen molar-refractivity contribution in [2.24, 2.45) is 0 Å². The van der Waals surface area contributed by atoms with Crippen LogP contribution in [0.5, 0.6) is 0 Å². The van der Waals surface area contributed by atoms with Crippen molar-refractivity contribution < 1.29 is 14.3 Å². The van der Waals surface area contributed by atoms with Crippen LogP contribution in [-0.4, -0.2) is 78.6 Å². The Kier molecular flexibility index (Phi) is 4.32. The number of carbonyl (C=O) groups is 2. The highest BCUT2D eigenvalue weighted by Gasteiger charge is 2.46. The van der Waals surface area contributed by atoms with Gasteiger partial charge in [0.1, 0.15) is 13.2 Å². The van der Waals surface area contributed by atoms with Gasteiger partial charge in [0.15, 0.2) is 0 Å². The molecule has 1 unspecified atom stereocenters. The average molecular weight is 375 g/mol. The lowest BCUT2D eigenvalue weighted by atomic mass is 9.77. The van der Waals surface area contributed by atoms with Crippen LogP contribution in [0.2, 0.25) is 0 Å². The zero-order chi connectivity index (χ0) is 19.2. The second kappa shape index (κ2) is 6.54. The summed E-state index contributed by atoms with van der Waals surface area (Å²) >= 11 is 0. The van der Waals surface area contributed by atoms with Gasteiger partial charge in [-0.2, -0.15) is 0 Å². The molecule has 0 saturated carbocycles. The third kappa shape index (κ3) is 3.04. The lowest BCUT2D eigenvalue weighted by Gasteiger charge is -2.41. The Morgan fingerprint density at radius 2 is 2.11 bits per heavy atom. The highest BCUT2D eigenvalue weighted by Crippen LogP contribution is 2.43. The number of nitrogens with one attached hydrogen (secondary N) is 1. The molecule has 1 spiro atoms. The Labute approximate surface area is 157 Å². The smallest absolute Gasteiger partial charge is 0.410 e. The molecule has 9 nitrogen and oxygen atoms in total. The van der Waals surface area contributed by atoms with Crippen molar-refractivity contribution in [3.05, 3.63) is 21.6 Å². The topological polar surface area (TPSA) is 98.8 Å². The zero-order valence-corrected chi connectivity index (χ0v) is 15.8. The molecule has 2 aliphatic heterocycles. The molecule has 0 radical (unpaired) electrons. The molecule has 2 amide bonds. The van der Waals surface area contributed by atoms with Crippen LogP contribution in [0, 0.1) is 0 Å². The molecule has 2 fully saturated rings. The fourth-order valence-electron chi connectivity index (χ4n) is 4.43. The van der Waals surface area contributed by atoms with E-state index in [-0.39, 0.29) is 23.4 Å². The van der Waals surface area contributed by atoms with Gasteiger partial charge in [0.25, 0.3) is 5.56 Å². The molecule has 3 heterocycles. The van der Waals surface area contributed by atoms with E-state index >= 15 is 0 Å². The minimum atomic E-state index is -0.426. The van der Waals surface area contributed by atoms with E-state index in [0.717, 1.165) is 30.5 Å². The summed E-state index contributed by atoms with van der Waals surface area (Å²) in [4.78, 5) is 49.5. The summed E-state index contributed by atoms with van der Waals surface area (Å²) in [6.07, 6.45) is 2.86. The van der Waals surface area contributed by atoms with Crippen molar-refractivity contribution in [2.45, 2.75) is 31.1 Å². The first kappa shape index (κ1) is 17.8. The SMILES string of the molecule is CN(C)c1nc2c(c(=O)[nH]1)CCC21CCCN(C(=O)CN2CCOC2=O)C1. The van der Waals surface area contributed by atoms with Gasteiger partial charge in [0.05, 0.1) is 12.2 Å². The minimum absolute atomic E-state index is 0.0491. The Morgan fingerprint density at radius 1 is 1.30 bits per heavy atom. The lowest BCUT2D eigenvalue weighted by molar-refractivity contribution is -0.134. The molecule has 0 bridgehead atoms. The molecule has 1 atom stereocenters. The normalized spacial score (nSPS) is 24.3. The zero-order valence-electron chi connectivity index (χ0n) is 15.8. The number of fused-ring (bicyclic) bond motifs is 2. The largest absolute Gasteiger partial charge is 0.448 e. The maximum atomic E-state index is 12.8. The van der Waals surface area contributed by atoms with Crippen LogP contribution >= 0.6 is 0 Å². The maximum absolute atomic E-state index is 12.8. The van der Waals surface area contributed by atoms with Crippen LogP contribution in [-0.2, 0) is 21.4 Å². The summed E-state index contributed by atoms with van der Waals surface area (Å²) in [6, 6.07) is 0. The molecule has 1 N–H and O–H groups in total. The van der Waals surface area contributed by atoms with Crippen LogP contribution in [0.1, 0.15) is 30.5 Å². The third-order valence-electron chi connectivity index (χ3n) is 5.88. The van der Waals surface area contributed by atoms with Gasteiger partial charge in [-0.15, -0.1) is 0 Å². The highest BCUT2D eigenvalue weighted by molar-refractivity contribution is 5.83. The summed E-state index contributed by atoms with van der Waals surface area (Å²) in [5.74, 6) is 0.474. The number of likely N-dealkylation sites (tertiary alicyclic amines) is 1. The molecule has 2 saturated heterocycles. The summed E-state index contributed by atoms with van der Waals surface area (Å²) in [5.41, 5.74) is 1.24. The van der Waals surface area contributed by atoms with E-state index in [9.17, 15) is 14.4 Å². The number of carbonyl (C=O) groups excluding carboxylic acids is 2. The monoisotopic (exact) mass is 375 g/mol. The molecule has 1 aromatic heterocycles. The van der Waals surface area contributed by atoms with Crippen LogP contribution in [0.4, 0.5) is 10.7 Å². The summed E-state index contributed by atoms with van der Waals surface area (Å²) in [5, 5.41) is 0. The number of H-pyrrole nitrogens is 1. The van der Waals surface area contributed by atoms with Crippen molar-refractivity contribution >= 4 is 17.9 Å². The van der Waals surface area contributed by atoms with Crippen molar-refractivity contribution in [1.82, 2.24) is 19.8 Å². The van der Waals surface area contributed by atoms with Crippen LogP contribution in [0.25, 0.3) is 0 Å². The highest BCUT2D eigenvalue weighted by atomic mass is 16.6. The molecular weight excluding hydrogens is 350 g/mol. The first-order valence-electron chi connectivity index (χ1n) is 9.40. The predicted octanol–water partition coefficient (Wildman–Crippen LogP) is 0.0945. The quantitative estimate of drug-likeness (QED) is 0.804. The van der Waals surface area contributed by atoms with Gasteiger partial charge < -0.3 is 14.5 Å². The number of anilines is 1. The molecule has 1 aliphatic carbocycles. The number of rotatable bonds is 3. The number of hydrogen-bond donors (Lipinski definition) is 1.